The fourth-order valence-electron chi connectivity index (χ4n) is 0.777. The van der Waals surface area contributed by atoms with Crippen LogP contribution < -0.4 is 5.32 Å². The van der Waals surface area contributed by atoms with Gasteiger partial charge in [-0.2, -0.15) is 0 Å². The van der Waals surface area contributed by atoms with Crippen molar-refractivity contribution in [2.24, 2.45) is 0 Å². The van der Waals surface area contributed by atoms with Gasteiger partial charge in [-0.25, -0.2) is 8.78 Å². The summed E-state index contributed by atoms with van der Waals surface area (Å²) in [6.07, 6.45) is 0. The molecule has 0 radical (unpaired) electrons. The molecule has 5 heteroatoms. The van der Waals surface area contributed by atoms with E-state index in [0.29, 0.717) is 0 Å². The zero-order valence-corrected chi connectivity index (χ0v) is 7.24. The highest BCUT2D eigenvalue weighted by atomic mass is 35.5. The number of anilines is 1. The lowest BCUT2D eigenvalue weighted by molar-refractivity contribution is -0.113. The number of hydrogen-bond donors (Lipinski definition) is 1. The van der Waals surface area contributed by atoms with E-state index in [2.05, 4.69) is 5.32 Å². The molecule has 0 aromatic heterocycles. The molecular weight excluding hydrogens is 200 g/mol. The highest BCUT2D eigenvalue weighted by Crippen LogP contribution is 2.14. The van der Waals surface area contributed by atoms with Gasteiger partial charge in [0, 0.05) is 6.07 Å². The monoisotopic (exact) mass is 205 g/mol. The third-order valence-electron chi connectivity index (χ3n) is 1.32. The van der Waals surface area contributed by atoms with Gasteiger partial charge in [0.05, 0.1) is 5.69 Å². The fourth-order valence-corrected chi connectivity index (χ4v) is 0.844. The molecule has 1 N–H and O–H groups in total. The molecule has 0 unspecified atom stereocenters. The van der Waals surface area contributed by atoms with Crippen LogP contribution in [0.4, 0.5) is 14.5 Å². The zero-order valence-electron chi connectivity index (χ0n) is 6.48. The Balaban J connectivity index is 2.87. The summed E-state index contributed by atoms with van der Waals surface area (Å²) in [5.41, 5.74) is -0.203. The van der Waals surface area contributed by atoms with Crippen molar-refractivity contribution < 1.29 is 13.6 Å². The summed E-state index contributed by atoms with van der Waals surface area (Å²) in [5.74, 6) is -2.19. The van der Waals surface area contributed by atoms with Gasteiger partial charge in [-0.3, -0.25) is 4.79 Å². The summed E-state index contributed by atoms with van der Waals surface area (Å²) >= 11 is 5.17. The summed E-state index contributed by atoms with van der Waals surface area (Å²) < 4.78 is 25.4. The molecule has 0 atom stereocenters. The molecule has 70 valence electrons. The highest BCUT2D eigenvalue weighted by Gasteiger charge is 2.06. The predicted molar refractivity (Wildman–Crippen MR) is 45.7 cm³/mol. The van der Waals surface area contributed by atoms with Crippen molar-refractivity contribution in [1.82, 2.24) is 0 Å². The minimum absolute atomic E-state index is 0.203. The lowest BCUT2D eigenvalue weighted by Gasteiger charge is -2.03. The Morgan fingerprint density at radius 3 is 2.77 bits per heavy atom. The molecule has 0 aliphatic carbocycles. The molecule has 1 amide bonds. The first-order valence-electron chi connectivity index (χ1n) is 3.44. The van der Waals surface area contributed by atoms with Crippen LogP contribution in [0.1, 0.15) is 0 Å². The maximum absolute atomic E-state index is 12.8. The minimum atomic E-state index is -0.695. The van der Waals surface area contributed by atoms with Crippen LogP contribution in [0.15, 0.2) is 18.2 Å². The number of hydrogen-bond acceptors (Lipinski definition) is 1. The molecule has 0 fully saturated rings. The minimum Gasteiger partial charge on any atom is -0.322 e. The molecule has 1 rings (SSSR count). The van der Waals surface area contributed by atoms with E-state index in [9.17, 15) is 13.6 Å². The number of benzene rings is 1. The van der Waals surface area contributed by atoms with Crippen LogP contribution in [0.25, 0.3) is 0 Å². The van der Waals surface area contributed by atoms with Crippen LogP contribution >= 0.6 is 11.6 Å². The van der Waals surface area contributed by atoms with Crippen molar-refractivity contribution in [2.75, 3.05) is 11.2 Å². The van der Waals surface area contributed by atoms with E-state index < -0.39 is 17.5 Å². The van der Waals surface area contributed by atoms with Crippen LogP contribution in [0, 0.1) is 11.6 Å². The summed E-state index contributed by atoms with van der Waals surface area (Å²) in [7, 11) is 0. The smallest absolute Gasteiger partial charge is 0.239 e. The molecule has 0 bridgehead atoms. The van der Waals surface area contributed by atoms with Gasteiger partial charge in [-0.05, 0) is 12.1 Å². The maximum Gasteiger partial charge on any atom is 0.239 e. The zero-order chi connectivity index (χ0) is 9.84. The quantitative estimate of drug-likeness (QED) is 0.737. The molecule has 2 nitrogen and oxygen atoms in total. The van der Waals surface area contributed by atoms with Crippen LogP contribution in [0.2, 0.25) is 0 Å². The maximum atomic E-state index is 12.8. The van der Waals surface area contributed by atoms with E-state index in [4.69, 9.17) is 11.6 Å². The Kier molecular flexibility index (Phi) is 3.19. The van der Waals surface area contributed by atoms with Crippen molar-refractivity contribution in [1.29, 1.82) is 0 Å². The van der Waals surface area contributed by atoms with E-state index in [-0.39, 0.29) is 11.6 Å². The normalized spacial score (nSPS) is 9.77. The molecule has 0 heterocycles. The summed E-state index contributed by atoms with van der Waals surface area (Å²) in [6, 6.07) is 2.78. The van der Waals surface area contributed by atoms with Gasteiger partial charge in [-0.15, -0.1) is 11.6 Å². The molecule has 0 aliphatic rings. The Labute approximate surface area is 78.5 Å². The average Bonchev–Trinajstić information content (AvgIpc) is 2.11. The number of amides is 1. The van der Waals surface area contributed by atoms with E-state index in [0.717, 1.165) is 18.2 Å². The second-order valence-electron chi connectivity index (χ2n) is 2.31. The number of rotatable bonds is 2. The Morgan fingerprint density at radius 2 is 2.15 bits per heavy atom. The topological polar surface area (TPSA) is 29.1 Å². The van der Waals surface area contributed by atoms with Crippen LogP contribution in [0.5, 0.6) is 0 Å². The van der Waals surface area contributed by atoms with Crippen molar-refractivity contribution in [3.8, 4) is 0 Å². The van der Waals surface area contributed by atoms with Gasteiger partial charge in [-0.1, -0.05) is 0 Å². The largest absolute Gasteiger partial charge is 0.322 e. The lowest BCUT2D eigenvalue weighted by atomic mass is 10.3. The van der Waals surface area contributed by atoms with Crippen LogP contribution in [0.3, 0.4) is 0 Å². The Morgan fingerprint density at radius 1 is 1.46 bits per heavy atom. The van der Waals surface area contributed by atoms with Gasteiger partial charge in [0.25, 0.3) is 0 Å². The Hall–Kier alpha value is -1.16. The molecule has 0 saturated heterocycles. The third-order valence-corrected chi connectivity index (χ3v) is 1.57. The number of carbonyl (C=O) groups excluding carboxylic acids is 1. The molecule has 0 aliphatic heterocycles. The highest BCUT2D eigenvalue weighted by molar-refractivity contribution is 6.29. The Bertz CT molecular complexity index is 330. The molecular formula is C8H6ClF2NO. The van der Waals surface area contributed by atoms with Gasteiger partial charge < -0.3 is 5.32 Å². The summed E-state index contributed by atoms with van der Waals surface area (Å²) in [5, 5.41) is 2.11. The third kappa shape index (κ3) is 2.66. The van der Waals surface area contributed by atoms with Gasteiger partial charge in [0.2, 0.25) is 5.91 Å². The standard InChI is InChI=1S/C8H6ClF2NO/c9-4-8(13)12-7-3-5(10)1-2-6(7)11/h1-3H,4H2,(H,12,13). The van der Waals surface area contributed by atoms with Crippen molar-refractivity contribution in [3.63, 3.8) is 0 Å². The fraction of sp³-hybridized carbons (Fsp3) is 0.125. The van der Waals surface area contributed by atoms with Crippen LogP contribution in [-0.2, 0) is 4.79 Å². The van der Waals surface area contributed by atoms with Crippen molar-refractivity contribution >= 4 is 23.2 Å². The molecule has 0 saturated carbocycles. The predicted octanol–water partition coefficient (Wildman–Crippen LogP) is 2.14. The molecule has 1 aromatic carbocycles. The second-order valence-corrected chi connectivity index (χ2v) is 2.57. The first-order chi connectivity index (χ1) is 6.13. The first-order valence-corrected chi connectivity index (χ1v) is 3.98. The summed E-state index contributed by atoms with van der Waals surface area (Å²) in [6.45, 7) is 0. The lowest BCUT2D eigenvalue weighted by Crippen LogP contribution is -2.13. The number of alkyl halides is 1. The first kappa shape index (κ1) is 9.92. The second kappa shape index (κ2) is 4.18. The van der Waals surface area contributed by atoms with E-state index >= 15 is 0 Å². The van der Waals surface area contributed by atoms with Crippen LogP contribution in [-0.4, -0.2) is 11.8 Å². The molecule has 13 heavy (non-hydrogen) atoms. The van der Waals surface area contributed by atoms with Crippen molar-refractivity contribution in [2.45, 2.75) is 0 Å². The molecule has 1 aromatic rings. The van der Waals surface area contributed by atoms with Gasteiger partial charge in [0.1, 0.15) is 17.5 Å². The van der Waals surface area contributed by atoms with Crippen molar-refractivity contribution in [3.05, 3.63) is 29.8 Å². The number of carbonyl (C=O) groups is 1. The summed E-state index contributed by atoms with van der Waals surface area (Å²) in [4.78, 5) is 10.7. The van der Waals surface area contributed by atoms with Gasteiger partial charge >= 0.3 is 0 Å². The average molecular weight is 206 g/mol. The van der Waals surface area contributed by atoms with Gasteiger partial charge in [0.15, 0.2) is 0 Å². The number of nitrogens with one attached hydrogen (secondary N) is 1. The molecule has 0 spiro atoms. The number of halogens is 3. The SMILES string of the molecule is O=C(CCl)Nc1cc(F)ccc1F. The van der Waals surface area contributed by atoms with E-state index in [1.165, 1.54) is 0 Å². The van der Waals surface area contributed by atoms with E-state index in [1.54, 1.807) is 0 Å². The van der Waals surface area contributed by atoms with E-state index in [1.807, 2.05) is 0 Å².